The van der Waals surface area contributed by atoms with Gasteiger partial charge in [0.2, 0.25) is 0 Å². The standard InChI is InChI=1S/C23H26N4O4/c1-23(17-6-4-3-5-7-17)21(29)27(22(30)24-23)25-20(28)15-26(18-10-11-18)14-16-8-12-19(31-2)13-9-16/h3-9,12-13,18H,10-11,14-15H2,1-2H3,(H,24,30)(H,25,28)/p+1/t23-/m1/s1. The van der Waals surface area contributed by atoms with E-state index in [0.717, 1.165) is 34.1 Å². The van der Waals surface area contributed by atoms with Gasteiger partial charge in [0.25, 0.3) is 11.8 Å². The quantitative estimate of drug-likeness (QED) is 0.546. The zero-order chi connectivity index (χ0) is 22.0. The first-order valence-corrected chi connectivity index (χ1v) is 10.4. The van der Waals surface area contributed by atoms with Gasteiger partial charge >= 0.3 is 6.03 Å². The fraction of sp³-hybridized carbons (Fsp3) is 0.348. The maximum atomic E-state index is 13.0. The lowest BCUT2D eigenvalue weighted by atomic mass is 9.92. The molecule has 8 nitrogen and oxygen atoms in total. The molecule has 2 atom stereocenters. The van der Waals surface area contributed by atoms with E-state index < -0.39 is 17.5 Å². The summed E-state index contributed by atoms with van der Waals surface area (Å²) in [7, 11) is 1.62. The van der Waals surface area contributed by atoms with Gasteiger partial charge in [-0.1, -0.05) is 30.3 Å². The Labute approximate surface area is 181 Å². The summed E-state index contributed by atoms with van der Waals surface area (Å²) in [5, 5.41) is 3.49. The molecule has 2 fully saturated rings. The number of hydrazine groups is 1. The van der Waals surface area contributed by atoms with Crippen LogP contribution in [-0.2, 0) is 21.7 Å². The lowest BCUT2D eigenvalue weighted by Crippen LogP contribution is -3.13. The van der Waals surface area contributed by atoms with E-state index in [1.165, 1.54) is 0 Å². The van der Waals surface area contributed by atoms with Crippen LogP contribution in [0.5, 0.6) is 5.75 Å². The summed E-state index contributed by atoms with van der Waals surface area (Å²) in [5.41, 5.74) is 3.06. The molecule has 2 aliphatic rings. The zero-order valence-electron chi connectivity index (χ0n) is 17.7. The Morgan fingerprint density at radius 1 is 1.16 bits per heavy atom. The summed E-state index contributed by atoms with van der Waals surface area (Å²) in [5.74, 6) is -0.0779. The molecule has 4 rings (SSSR count). The second kappa shape index (κ2) is 8.39. The molecular formula is C23H27N4O4+. The molecule has 162 valence electrons. The molecule has 2 aromatic carbocycles. The molecule has 1 aliphatic heterocycles. The molecule has 1 unspecified atom stereocenters. The van der Waals surface area contributed by atoms with E-state index in [2.05, 4.69) is 10.7 Å². The Morgan fingerprint density at radius 3 is 2.45 bits per heavy atom. The van der Waals surface area contributed by atoms with Crippen molar-refractivity contribution in [3.8, 4) is 5.75 Å². The summed E-state index contributed by atoms with van der Waals surface area (Å²) < 4.78 is 5.20. The Kier molecular flexibility index (Phi) is 5.65. The van der Waals surface area contributed by atoms with Gasteiger partial charge in [-0.2, -0.15) is 5.01 Å². The summed E-state index contributed by atoms with van der Waals surface area (Å²) >= 11 is 0. The van der Waals surface area contributed by atoms with E-state index >= 15 is 0 Å². The van der Waals surface area contributed by atoms with Gasteiger partial charge in [0, 0.05) is 18.4 Å². The number of carbonyl (C=O) groups is 3. The normalized spacial score (nSPS) is 21.5. The van der Waals surface area contributed by atoms with Gasteiger partial charge in [-0.3, -0.25) is 15.0 Å². The summed E-state index contributed by atoms with van der Waals surface area (Å²) in [6.07, 6.45) is 2.13. The lowest BCUT2D eigenvalue weighted by molar-refractivity contribution is -0.917. The van der Waals surface area contributed by atoms with Crippen molar-refractivity contribution in [2.24, 2.45) is 0 Å². The van der Waals surface area contributed by atoms with E-state index in [0.29, 0.717) is 18.2 Å². The second-order valence-corrected chi connectivity index (χ2v) is 8.23. The second-order valence-electron chi connectivity index (χ2n) is 8.23. The van der Waals surface area contributed by atoms with Gasteiger partial charge in [0.15, 0.2) is 6.54 Å². The minimum atomic E-state index is -1.21. The van der Waals surface area contributed by atoms with Gasteiger partial charge in [-0.15, -0.1) is 0 Å². The molecule has 3 N–H and O–H groups in total. The Morgan fingerprint density at radius 2 is 1.84 bits per heavy atom. The number of urea groups is 1. The highest BCUT2D eigenvalue weighted by atomic mass is 16.5. The van der Waals surface area contributed by atoms with Gasteiger partial charge < -0.3 is 15.0 Å². The molecule has 1 saturated carbocycles. The molecule has 31 heavy (non-hydrogen) atoms. The number of carbonyl (C=O) groups excluding carboxylic acids is 3. The van der Waals surface area contributed by atoms with Gasteiger partial charge in [-0.25, -0.2) is 4.79 Å². The van der Waals surface area contributed by atoms with Crippen molar-refractivity contribution in [3.63, 3.8) is 0 Å². The Hall–Kier alpha value is -3.39. The van der Waals surface area contributed by atoms with Crippen molar-refractivity contribution in [1.82, 2.24) is 15.8 Å². The van der Waals surface area contributed by atoms with Crippen LogP contribution in [0.25, 0.3) is 0 Å². The number of nitrogens with zero attached hydrogens (tertiary/aromatic N) is 1. The molecule has 1 saturated heterocycles. The number of benzene rings is 2. The number of hydrogen-bond donors (Lipinski definition) is 3. The van der Waals surface area contributed by atoms with Crippen LogP contribution in [-0.4, -0.2) is 42.6 Å². The molecule has 8 heteroatoms. The minimum absolute atomic E-state index is 0.176. The van der Waals surface area contributed by atoms with Crippen molar-refractivity contribution < 1.29 is 24.0 Å². The highest BCUT2D eigenvalue weighted by Crippen LogP contribution is 2.27. The average molecular weight is 423 g/mol. The van der Waals surface area contributed by atoms with Crippen molar-refractivity contribution in [2.45, 2.75) is 37.9 Å². The van der Waals surface area contributed by atoms with Crippen molar-refractivity contribution >= 4 is 17.8 Å². The first kappa shape index (κ1) is 20.9. The molecular weight excluding hydrogens is 396 g/mol. The minimum Gasteiger partial charge on any atom is -0.497 e. The molecule has 4 amide bonds. The van der Waals surface area contributed by atoms with E-state index in [1.54, 1.807) is 38.3 Å². The maximum Gasteiger partial charge on any atom is 0.344 e. The molecule has 1 heterocycles. The van der Waals surface area contributed by atoms with Crippen LogP contribution in [0.15, 0.2) is 54.6 Å². The molecule has 0 radical (unpaired) electrons. The predicted molar refractivity (Wildman–Crippen MR) is 113 cm³/mol. The van der Waals surface area contributed by atoms with Crippen molar-refractivity contribution in [1.29, 1.82) is 0 Å². The van der Waals surface area contributed by atoms with E-state index in [-0.39, 0.29) is 12.5 Å². The van der Waals surface area contributed by atoms with Crippen LogP contribution in [0, 0.1) is 0 Å². The zero-order valence-corrected chi connectivity index (χ0v) is 17.7. The third-order valence-corrected chi connectivity index (χ3v) is 5.91. The molecule has 2 aromatic rings. The third kappa shape index (κ3) is 4.39. The monoisotopic (exact) mass is 423 g/mol. The summed E-state index contributed by atoms with van der Waals surface area (Å²) in [6.45, 7) is 2.50. The van der Waals surface area contributed by atoms with Gasteiger partial charge in [0.05, 0.1) is 13.2 Å². The smallest absolute Gasteiger partial charge is 0.344 e. The Balaban J connectivity index is 1.41. The SMILES string of the molecule is COc1ccc(C[NH+](CC(=O)NN2C(=O)N[C@](C)(c3ccccc3)C2=O)C2CC2)cc1. The number of imide groups is 1. The van der Waals surface area contributed by atoms with Crippen LogP contribution in [0.2, 0.25) is 0 Å². The summed E-state index contributed by atoms with van der Waals surface area (Å²) in [4.78, 5) is 39.3. The number of amides is 4. The van der Waals surface area contributed by atoms with E-state index in [1.807, 2.05) is 30.3 Å². The number of quaternary nitrogens is 1. The highest BCUT2D eigenvalue weighted by Gasteiger charge is 2.50. The number of methoxy groups -OCH3 is 1. The number of rotatable bonds is 8. The predicted octanol–water partition coefficient (Wildman–Crippen LogP) is 0.741. The maximum absolute atomic E-state index is 13.0. The van der Waals surface area contributed by atoms with E-state index in [9.17, 15) is 14.4 Å². The number of hydrogen-bond acceptors (Lipinski definition) is 4. The van der Waals surface area contributed by atoms with Crippen molar-refractivity contribution in [3.05, 3.63) is 65.7 Å². The van der Waals surface area contributed by atoms with Crippen molar-refractivity contribution in [2.75, 3.05) is 13.7 Å². The number of ether oxygens (including phenoxy) is 1. The highest BCUT2D eigenvalue weighted by molar-refractivity contribution is 6.08. The average Bonchev–Trinajstić information content (AvgIpc) is 3.60. The van der Waals surface area contributed by atoms with Crippen LogP contribution in [0.4, 0.5) is 4.79 Å². The lowest BCUT2D eigenvalue weighted by Gasteiger charge is -2.23. The van der Waals surface area contributed by atoms with Crippen LogP contribution >= 0.6 is 0 Å². The van der Waals surface area contributed by atoms with Crippen LogP contribution < -0.4 is 20.4 Å². The topological polar surface area (TPSA) is 92.2 Å². The first-order chi connectivity index (χ1) is 14.9. The van der Waals surface area contributed by atoms with Crippen LogP contribution in [0.1, 0.15) is 30.9 Å². The van der Waals surface area contributed by atoms with Gasteiger partial charge in [0.1, 0.15) is 17.8 Å². The van der Waals surface area contributed by atoms with Crippen LogP contribution in [0.3, 0.4) is 0 Å². The fourth-order valence-corrected chi connectivity index (χ4v) is 3.93. The third-order valence-electron chi connectivity index (χ3n) is 5.91. The Bertz CT molecular complexity index is 975. The molecule has 0 bridgehead atoms. The first-order valence-electron chi connectivity index (χ1n) is 10.4. The molecule has 0 spiro atoms. The largest absolute Gasteiger partial charge is 0.497 e. The van der Waals surface area contributed by atoms with Gasteiger partial charge in [-0.05, 0) is 36.8 Å². The number of nitrogens with one attached hydrogen (secondary N) is 3. The molecule has 0 aromatic heterocycles. The fourth-order valence-electron chi connectivity index (χ4n) is 3.93. The van der Waals surface area contributed by atoms with E-state index in [4.69, 9.17) is 4.74 Å². The summed E-state index contributed by atoms with van der Waals surface area (Å²) in [6, 6.07) is 16.5. The molecule has 1 aliphatic carbocycles.